The third kappa shape index (κ3) is 3.80. The van der Waals surface area contributed by atoms with Gasteiger partial charge in [-0.05, 0) is 0 Å². The molecule has 140 valence electrons. The van der Waals surface area contributed by atoms with Crippen LogP contribution in [0.4, 0.5) is 8.78 Å². The number of aryl methyl sites for hydroxylation is 2. The molecule has 2 aromatic carbocycles. The van der Waals surface area contributed by atoms with Gasteiger partial charge in [-0.3, -0.25) is 0 Å². The molecule has 2 aromatic heterocycles. The summed E-state index contributed by atoms with van der Waals surface area (Å²) in [7, 11) is 0. The topological polar surface area (TPSA) is 44.0 Å². The molecular weight excluding hydrogens is 484 g/mol. The molecule has 0 aliphatic heterocycles. The molecule has 2 heterocycles. The fourth-order valence-corrected chi connectivity index (χ4v) is 7.51. The first-order valence-corrected chi connectivity index (χ1v) is 11.9. The number of fused-ring (bicyclic) bond motifs is 2. The van der Waals surface area contributed by atoms with Gasteiger partial charge in [0.05, 0.1) is 0 Å². The quantitative estimate of drug-likeness (QED) is 0.302. The molecule has 0 spiro atoms. The van der Waals surface area contributed by atoms with Crippen LogP contribution < -0.4 is 11.1 Å². The van der Waals surface area contributed by atoms with Crippen LogP contribution in [0.15, 0.2) is 46.0 Å². The Morgan fingerprint density at radius 3 is 1.59 bits per heavy atom. The van der Waals surface area contributed by atoms with Gasteiger partial charge in [-0.25, -0.2) is 0 Å². The van der Waals surface area contributed by atoms with Crippen molar-refractivity contribution in [2.45, 2.75) is 32.4 Å². The van der Waals surface area contributed by atoms with Gasteiger partial charge in [0.2, 0.25) is 0 Å². The molecule has 0 amide bonds. The third-order valence-electron chi connectivity index (χ3n) is 4.44. The molecule has 0 radical (unpaired) electrons. The first kappa shape index (κ1) is 18.6. The molecule has 4 nitrogen and oxygen atoms in total. The van der Waals surface area contributed by atoms with E-state index in [1.54, 1.807) is 19.3 Å². The summed E-state index contributed by atoms with van der Waals surface area (Å²) in [4.78, 5) is 24.6. The normalized spacial score (nSPS) is 11.6. The number of benzene rings is 2. The average Bonchev–Trinajstić information content (AvgIpc) is 3.11. The second-order valence-corrected chi connectivity index (χ2v) is 10.8. The van der Waals surface area contributed by atoms with Gasteiger partial charge >= 0.3 is 166 Å². The van der Waals surface area contributed by atoms with Crippen molar-refractivity contribution in [2.24, 2.45) is 0 Å². The van der Waals surface area contributed by atoms with E-state index in [-0.39, 0.29) is 52.2 Å². The maximum absolute atomic E-state index is 13.3. The summed E-state index contributed by atoms with van der Waals surface area (Å²) in [5, 5.41) is 1.23. The number of nitrogens with zero attached hydrogens (tertiary/aromatic N) is 2. The molecule has 0 aliphatic rings. The first-order valence-electron chi connectivity index (χ1n) is 8.62. The third-order valence-corrected chi connectivity index (χ3v) is 9.07. The Labute approximate surface area is 165 Å². The molecule has 0 N–H and O–H groups in total. The van der Waals surface area contributed by atoms with E-state index in [4.69, 9.17) is 0 Å². The Balaban J connectivity index is 1.36. The summed E-state index contributed by atoms with van der Waals surface area (Å²) >= 11 is -0.317. The summed E-state index contributed by atoms with van der Waals surface area (Å²) < 4.78 is 31.8. The molecule has 8 heteroatoms. The minimum absolute atomic E-state index is 0.0134. The molecule has 27 heavy (non-hydrogen) atoms. The van der Waals surface area contributed by atoms with Crippen molar-refractivity contribution in [1.29, 1.82) is 0 Å². The molecule has 0 atom stereocenters. The molecule has 0 fully saturated rings. The van der Waals surface area contributed by atoms with E-state index in [0.29, 0.717) is 23.9 Å². The Kier molecular flexibility index (Phi) is 5.33. The van der Waals surface area contributed by atoms with Crippen LogP contribution in [0.5, 0.6) is 0 Å². The minimum atomic E-state index is -0.302. The zero-order valence-electron chi connectivity index (χ0n) is 14.3. The number of unbranched alkanes of at least 4 members (excludes halogenated alkanes) is 2. The Morgan fingerprint density at radius 1 is 0.704 bits per heavy atom. The Hall–Kier alpha value is -1.72. The predicted molar refractivity (Wildman–Crippen MR) is 104 cm³/mol. The van der Waals surface area contributed by atoms with Crippen LogP contribution >= 0.6 is 0 Å². The van der Waals surface area contributed by atoms with Crippen LogP contribution in [0.25, 0.3) is 19.3 Å². The average molecular weight is 500 g/mol. The van der Waals surface area contributed by atoms with Crippen LogP contribution in [-0.4, -0.2) is 36.6 Å². The number of hydrogen-bond donors (Lipinski definition) is 0. The van der Waals surface area contributed by atoms with E-state index in [2.05, 4.69) is 0 Å². The van der Waals surface area contributed by atoms with Gasteiger partial charge in [-0.2, -0.15) is 0 Å². The standard InChI is InChI=1S/C19H16F2N2O2Se2/c20-12-4-6-14-16(10-12)26-22(18(14)24)8-2-1-3-9-23-19(25)15-7-5-13(21)11-17(15)27-23/h4-7,10-11H,1-3,8-9H2. The summed E-state index contributed by atoms with van der Waals surface area (Å²) in [6.45, 7) is 1.30. The van der Waals surface area contributed by atoms with E-state index in [1.165, 1.54) is 24.3 Å². The van der Waals surface area contributed by atoms with Gasteiger partial charge in [0.25, 0.3) is 0 Å². The van der Waals surface area contributed by atoms with Gasteiger partial charge in [0.1, 0.15) is 0 Å². The van der Waals surface area contributed by atoms with Crippen LogP contribution in [0.1, 0.15) is 19.3 Å². The van der Waals surface area contributed by atoms with E-state index in [0.717, 1.165) is 27.8 Å². The van der Waals surface area contributed by atoms with Crippen LogP contribution in [0.2, 0.25) is 0 Å². The molecule has 0 bridgehead atoms. The second-order valence-electron chi connectivity index (χ2n) is 6.34. The van der Waals surface area contributed by atoms with E-state index in [9.17, 15) is 18.4 Å². The van der Waals surface area contributed by atoms with Crippen molar-refractivity contribution >= 4 is 48.8 Å². The fraction of sp³-hybridized carbons (Fsp3) is 0.263. The number of hydrogen-bond acceptors (Lipinski definition) is 2. The van der Waals surface area contributed by atoms with Crippen molar-refractivity contribution in [2.75, 3.05) is 0 Å². The molecule has 0 unspecified atom stereocenters. The van der Waals surface area contributed by atoms with E-state index >= 15 is 0 Å². The molecular formula is C19H16F2N2O2Se2. The molecule has 0 aliphatic carbocycles. The monoisotopic (exact) mass is 502 g/mol. The van der Waals surface area contributed by atoms with Crippen molar-refractivity contribution in [3.63, 3.8) is 0 Å². The Bertz CT molecular complexity index is 1140. The zero-order chi connectivity index (χ0) is 19.0. The fourth-order valence-electron chi connectivity index (χ4n) is 3.07. The van der Waals surface area contributed by atoms with Gasteiger partial charge in [0, 0.05) is 0 Å². The summed E-state index contributed by atoms with van der Waals surface area (Å²) in [5.74, 6) is -0.605. The molecule has 4 rings (SSSR count). The predicted octanol–water partition coefficient (Wildman–Crippen LogP) is 2.58. The summed E-state index contributed by atoms with van der Waals surface area (Å²) in [5.41, 5.74) is -0.0268. The molecule has 4 aromatic rings. The van der Waals surface area contributed by atoms with Crippen molar-refractivity contribution < 1.29 is 8.78 Å². The van der Waals surface area contributed by atoms with Crippen molar-refractivity contribution in [3.05, 3.63) is 68.7 Å². The molecule has 0 saturated heterocycles. The first-order chi connectivity index (χ1) is 13.0. The number of halogens is 2. The van der Waals surface area contributed by atoms with E-state index in [1.807, 2.05) is 0 Å². The van der Waals surface area contributed by atoms with Gasteiger partial charge in [0.15, 0.2) is 0 Å². The summed E-state index contributed by atoms with van der Waals surface area (Å²) in [6, 6.07) is 8.69. The van der Waals surface area contributed by atoms with Crippen LogP contribution in [0, 0.1) is 11.6 Å². The number of rotatable bonds is 6. The van der Waals surface area contributed by atoms with Gasteiger partial charge in [-0.1, -0.05) is 0 Å². The van der Waals surface area contributed by atoms with E-state index < -0.39 is 0 Å². The zero-order valence-corrected chi connectivity index (χ0v) is 17.7. The van der Waals surface area contributed by atoms with Crippen LogP contribution in [0.3, 0.4) is 0 Å². The van der Waals surface area contributed by atoms with Gasteiger partial charge < -0.3 is 0 Å². The van der Waals surface area contributed by atoms with Crippen molar-refractivity contribution in [1.82, 2.24) is 7.12 Å². The maximum atomic E-state index is 13.3. The second kappa shape index (κ2) is 7.72. The SMILES string of the molecule is O=c1c2ccc(F)cc2[se]n1CCCCCn1[se]c2cc(F)ccc2c1=O. The Morgan fingerprint density at radius 2 is 1.15 bits per heavy atom. The molecule has 0 saturated carbocycles. The van der Waals surface area contributed by atoms with Crippen LogP contribution in [-0.2, 0) is 13.1 Å². The van der Waals surface area contributed by atoms with Crippen molar-refractivity contribution in [3.8, 4) is 0 Å². The number of aromatic nitrogens is 2. The summed E-state index contributed by atoms with van der Waals surface area (Å²) in [6.07, 6.45) is 2.59. The van der Waals surface area contributed by atoms with Gasteiger partial charge in [-0.15, -0.1) is 0 Å².